The number of carbonyl (C=O) groups excluding carboxylic acids is 1. The van der Waals surface area contributed by atoms with E-state index in [2.05, 4.69) is 5.32 Å². The maximum absolute atomic E-state index is 12.7. The fourth-order valence-electron chi connectivity index (χ4n) is 1.56. The third kappa shape index (κ3) is 4.11. The minimum absolute atomic E-state index is 0.0190. The minimum Gasteiger partial charge on any atom is -0.325 e. The molecule has 0 fully saturated rings. The number of nitrogens with two attached hydrogens (primary N) is 1. The van der Waals surface area contributed by atoms with E-state index in [1.165, 1.54) is 6.07 Å². The lowest BCUT2D eigenvalue weighted by atomic mass is 9.99. The third-order valence-electron chi connectivity index (χ3n) is 3.10. The predicted molar refractivity (Wildman–Crippen MR) is 72.5 cm³/mol. The molecule has 20 heavy (non-hydrogen) atoms. The van der Waals surface area contributed by atoms with Crippen molar-refractivity contribution in [1.29, 1.82) is 0 Å². The van der Waals surface area contributed by atoms with E-state index in [4.69, 9.17) is 17.3 Å². The van der Waals surface area contributed by atoms with Gasteiger partial charge in [-0.1, -0.05) is 31.9 Å². The van der Waals surface area contributed by atoms with E-state index in [1.807, 2.05) is 6.92 Å². The SMILES string of the molecule is CCC(C)C(N)C(=O)Nc1ccc(Cl)c(C(F)(F)F)c1. The summed E-state index contributed by atoms with van der Waals surface area (Å²) in [4.78, 5) is 11.8. The number of carbonyl (C=O) groups is 1. The molecule has 2 unspecified atom stereocenters. The van der Waals surface area contributed by atoms with Crippen LogP contribution in [0.15, 0.2) is 18.2 Å². The summed E-state index contributed by atoms with van der Waals surface area (Å²) in [7, 11) is 0. The number of halogens is 4. The van der Waals surface area contributed by atoms with Gasteiger partial charge in [-0.3, -0.25) is 4.79 Å². The van der Waals surface area contributed by atoms with Crippen LogP contribution in [-0.4, -0.2) is 11.9 Å². The highest BCUT2D eigenvalue weighted by molar-refractivity contribution is 6.31. The summed E-state index contributed by atoms with van der Waals surface area (Å²) >= 11 is 5.50. The summed E-state index contributed by atoms with van der Waals surface area (Å²) < 4.78 is 38.1. The van der Waals surface area contributed by atoms with E-state index in [0.29, 0.717) is 6.42 Å². The summed E-state index contributed by atoms with van der Waals surface area (Å²) in [6.07, 6.45) is -3.88. The molecule has 0 saturated carbocycles. The Morgan fingerprint density at radius 2 is 2.05 bits per heavy atom. The lowest BCUT2D eigenvalue weighted by Gasteiger charge is -2.18. The Bertz CT molecular complexity index is 491. The molecular formula is C13H16ClF3N2O. The zero-order valence-corrected chi connectivity index (χ0v) is 11.8. The van der Waals surface area contributed by atoms with Gasteiger partial charge >= 0.3 is 6.18 Å². The first-order valence-electron chi connectivity index (χ1n) is 6.10. The van der Waals surface area contributed by atoms with Crippen LogP contribution < -0.4 is 11.1 Å². The molecule has 0 aromatic heterocycles. The second kappa shape index (κ2) is 6.45. The normalized spacial score (nSPS) is 14.8. The molecule has 1 amide bonds. The molecule has 1 rings (SSSR count). The molecule has 7 heteroatoms. The summed E-state index contributed by atoms with van der Waals surface area (Å²) in [6, 6.07) is 2.42. The number of benzene rings is 1. The monoisotopic (exact) mass is 308 g/mol. The van der Waals surface area contributed by atoms with Crippen LogP contribution >= 0.6 is 11.6 Å². The number of hydrogen-bond donors (Lipinski definition) is 2. The summed E-state index contributed by atoms with van der Waals surface area (Å²) in [5.74, 6) is -0.584. The zero-order chi connectivity index (χ0) is 15.5. The molecule has 0 aliphatic heterocycles. The molecular weight excluding hydrogens is 293 g/mol. The highest BCUT2D eigenvalue weighted by atomic mass is 35.5. The molecule has 3 N–H and O–H groups in total. The van der Waals surface area contributed by atoms with Crippen molar-refractivity contribution in [2.75, 3.05) is 5.32 Å². The lowest BCUT2D eigenvalue weighted by Crippen LogP contribution is -2.40. The molecule has 1 aromatic rings. The van der Waals surface area contributed by atoms with Gasteiger partial charge in [-0.2, -0.15) is 13.2 Å². The van der Waals surface area contributed by atoms with Crippen molar-refractivity contribution in [2.45, 2.75) is 32.5 Å². The van der Waals surface area contributed by atoms with Crippen LogP contribution in [0.2, 0.25) is 5.02 Å². The quantitative estimate of drug-likeness (QED) is 0.891. The smallest absolute Gasteiger partial charge is 0.325 e. The van der Waals surface area contributed by atoms with Gasteiger partial charge in [0.2, 0.25) is 5.91 Å². The van der Waals surface area contributed by atoms with E-state index in [-0.39, 0.29) is 11.6 Å². The van der Waals surface area contributed by atoms with Gasteiger partial charge < -0.3 is 11.1 Å². The fraction of sp³-hybridized carbons (Fsp3) is 0.462. The first-order valence-corrected chi connectivity index (χ1v) is 6.47. The van der Waals surface area contributed by atoms with Crippen molar-refractivity contribution in [1.82, 2.24) is 0 Å². The van der Waals surface area contributed by atoms with E-state index in [0.717, 1.165) is 12.1 Å². The summed E-state index contributed by atoms with van der Waals surface area (Å²) in [5.41, 5.74) is 4.74. The van der Waals surface area contributed by atoms with Gasteiger partial charge in [0.05, 0.1) is 16.6 Å². The molecule has 2 atom stereocenters. The standard InChI is InChI=1S/C13H16ClF3N2O/c1-3-7(2)11(18)12(20)19-8-4-5-10(14)9(6-8)13(15,16)17/h4-7,11H,3,18H2,1-2H3,(H,19,20). The highest BCUT2D eigenvalue weighted by Gasteiger charge is 2.33. The summed E-state index contributed by atoms with van der Waals surface area (Å²) in [5, 5.41) is 1.96. The maximum Gasteiger partial charge on any atom is 0.417 e. The van der Waals surface area contributed by atoms with Crippen LogP contribution in [0.25, 0.3) is 0 Å². The molecule has 112 valence electrons. The van der Waals surface area contributed by atoms with Gasteiger partial charge in [0.25, 0.3) is 0 Å². The molecule has 0 aliphatic rings. The Morgan fingerprint density at radius 1 is 1.45 bits per heavy atom. The van der Waals surface area contributed by atoms with Crippen molar-refractivity contribution in [2.24, 2.45) is 11.7 Å². The molecule has 0 radical (unpaired) electrons. The zero-order valence-electron chi connectivity index (χ0n) is 11.1. The number of rotatable bonds is 4. The Morgan fingerprint density at radius 3 is 2.55 bits per heavy atom. The van der Waals surface area contributed by atoms with Crippen molar-refractivity contribution in [3.05, 3.63) is 28.8 Å². The van der Waals surface area contributed by atoms with Gasteiger partial charge in [-0.25, -0.2) is 0 Å². The van der Waals surface area contributed by atoms with Gasteiger partial charge in [-0.15, -0.1) is 0 Å². The number of hydrogen-bond acceptors (Lipinski definition) is 2. The first kappa shape index (κ1) is 16.8. The van der Waals surface area contributed by atoms with Gasteiger partial charge in [0.15, 0.2) is 0 Å². The maximum atomic E-state index is 12.7. The largest absolute Gasteiger partial charge is 0.417 e. The van der Waals surface area contributed by atoms with Gasteiger partial charge in [-0.05, 0) is 24.1 Å². The Balaban J connectivity index is 2.92. The predicted octanol–water partition coefficient (Wildman–Crippen LogP) is 3.67. The molecule has 0 bridgehead atoms. The molecule has 1 aromatic carbocycles. The average Bonchev–Trinajstić information content (AvgIpc) is 2.37. The van der Waals surface area contributed by atoms with Crippen molar-refractivity contribution in [3.63, 3.8) is 0 Å². The van der Waals surface area contributed by atoms with Crippen molar-refractivity contribution < 1.29 is 18.0 Å². The third-order valence-corrected chi connectivity index (χ3v) is 3.43. The highest BCUT2D eigenvalue weighted by Crippen LogP contribution is 2.36. The van der Waals surface area contributed by atoms with Crippen LogP contribution in [0.5, 0.6) is 0 Å². The van der Waals surface area contributed by atoms with Crippen LogP contribution in [0.3, 0.4) is 0 Å². The summed E-state index contributed by atoms with van der Waals surface area (Å²) in [6.45, 7) is 3.68. The molecule has 0 spiro atoms. The van der Waals surface area contributed by atoms with E-state index >= 15 is 0 Å². The lowest BCUT2D eigenvalue weighted by molar-refractivity contribution is -0.137. The molecule has 3 nitrogen and oxygen atoms in total. The Labute approximate surface area is 120 Å². The van der Waals surface area contributed by atoms with E-state index < -0.39 is 28.7 Å². The van der Waals surface area contributed by atoms with Gasteiger partial charge in [0, 0.05) is 5.69 Å². The minimum atomic E-state index is -4.57. The topological polar surface area (TPSA) is 55.1 Å². The fourth-order valence-corrected chi connectivity index (χ4v) is 1.78. The first-order chi connectivity index (χ1) is 9.16. The number of anilines is 1. The number of nitrogens with one attached hydrogen (secondary N) is 1. The van der Waals surface area contributed by atoms with Crippen molar-refractivity contribution in [3.8, 4) is 0 Å². The van der Waals surface area contributed by atoms with E-state index in [9.17, 15) is 18.0 Å². The Kier molecular flexibility index (Phi) is 5.42. The number of alkyl halides is 3. The van der Waals surface area contributed by atoms with Crippen LogP contribution in [0, 0.1) is 5.92 Å². The molecule has 0 aliphatic carbocycles. The van der Waals surface area contributed by atoms with Crippen LogP contribution in [0.4, 0.5) is 18.9 Å². The second-order valence-electron chi connectivity index (χ2n) is 4.59. The van der Waals surface area contributed by atoms with Crippen LogP contribution in [0.1, 0.15) is 25.8 Å². The van der Waals surface area contributed by atoms with Crippen molar-refractivity contribution >= 4 is 23.2 Å². The van der Waals surface area contributed by atoms with E-state index in [1.54, 1.807) is 6.92 Å². The Hall–Kier alpha value is -1.27. The average molecular weight is 309 g/mol. The van der Waals surface area contributed by atoms with Gasteiger partial charge in [0.1, 0.15) is 0 Å². The second-order valence-corrected chi connectivity index (χ2v) is 5.00. The molecule has 0 heterocycles. The van der Waals surface area contributed by atoms with Crippen LogP contribution in [-0.2, 0) is 11.0 Å². The molecule has 0 saturated heterocycles. The number of amides is 1.